The van der Waals surface area contributed by atoms with E-state index in [2.05, 4.69) is 0 Å². The zero-order chi connectivity index (χ0) is 15.2. The van der Waals surface area contributed by atoms with Gasteiger partial charge in [0.05, 0.1) is 4.92 Å². The molecule has 0 aliphatic carbocycles. The lowest BCUT2D eigenvalue weighted by Crippen LogP contribution is -2.18. The third-order valence-corrected chi connectivity index (χ3v) is 2.63. The van der Waals surface area contributed by atoms with Crippen molar-refractivity contribution in [1.29, 1.82) is 0 Å². The van der Waals surface area contributed by atoms with E-state index in [1.54, 1.807) is 43.3 Å². The van der Waals surface area contributed by atoms with Crippen LogP contribution in [0.2, 0.25) is 0 Å². The van der Waals surface area contributed by atoms with Gasteiger partial charge in [-0.1, -0.05) is 24.3 Å². The minimum Gasteiger partial charge on any atom is -0.475 e. The molecule has 0 N–H and O–H groups in total. The predicted molar refractivity (Wildman–Crippen MR) is 75.4 cm³/mol. The molecule has 0 fully saturated rings. The molecule has 2 rings (SSSR count). The molecule has 0 amide bonds. The number of rotatable bonds is 5. The smallest absolute Gasteiger partial charge is 0.349 e. The minimum atomic E-state index is -0.628. The Balaban J connectivity index is 2.01. The summed E-state index contributed by atoms with van der Waals surface area (Å²) in [5.41, 5.74) is 0.611. The van der Waals surface area contributed by atoms with E-state index in [9.17, 15) is 14.9 Å². The number of nitro benzene ring substituents is 1. The van der Waals surface area contributed by atoms with Gasteiger partial charge in [-0.25, -0.2) is 4.79 Å². The van der Waals surface area contributed by atoms with Gasteiger partial charge in [0.15, 0.2) is 12.4 Å². The van der Waals surface area contributed by atoms with Crippen molar-refractivity contribution < 1.29 is 19.2 Å². The number of esters is 1. The highest BCUT2D eigenvalue weighted by Gasteiger charge is 2.16. The van der Waals surface area contributed by atoms with E-state index in [-0.39, 0.29) is 11.4 Å². The molecule has 6 heteroatoms. The molecular weight excluding hydrogens is 274 g/mol. The van der Waals surface area contributed by atoms with Gasteiger partial charge in [0.1, 0.15) is 5.75 Å². The third-order valence-electron chi connectivity index (χ3n) is 2.63. The molecule has 0 bridgehead atoms. The molecule has 21 heavy (non-hydrogen) atoms. The lowest BCUT2D eigenvalue weighted by Gasteiger charge is -2.07. The van der Waals surface area contributed by atoms with Crippen LogP contribution in [0.5, 0.6) is 11.5 Å². The molecule has 6 nitrogen and oxygen atoms in total. The van der Waals surface area contributed by atoms with Crippen molar-refractivity contribution in [2.24, 2.45) is 0 Å². The molecule has 0 saturated carbocycles. The Morgan fingerprint density at radius 2 is 1.90 bits per heavy atom. The number of hydrogen-bond donors (Lipinski definition) is 0. The number of aryl methyl sites for hydroxylation is 1. The maximum absolute atomic E-state index is 11.6. The van der Waals surface area contributed by atoms with Crippen LogP contribution < -0.4 is 9.47 Å². The number of para-hydroxylation sites is 1. The fourth-order valence-corrected chi connectivity index (χ4v) is 1.67. The van der Waals surface area contributed by atoms with Crippen molar-refractivity contribution in [3.63, 3.8) is 0 Å². The Morgan fingerprint density at radius 3 is 2.57 bits per heavy atom. The van der Waals surface area contributed by atoms with E-state index in [0.29, 0.717) is 5.75 Å². The van der Waals surface area contributed by atoms with E-state index >= 15 is 0 Å². The fourth-order valence-electron chi connectivity index (χ4n) is 1.67. The summed E-state index contributed by atoms with van der Waals surface area (Å²) in [6.07, 6.45) is 0. The number of hydrogen-bond acceptors (Lipinski definition) is 5. The van der Waals surface area contributed by atoms with E-state index in [1.807, 2.05) is 0 Å². The summed E-state index contributed by atoms with van der Waals surface area (Å²) in [4.78, 5) is 22.0. The second-order valence-corrected chi connectivity index (χ2v) is 4.30. The molecule has 0 aliphatic heterocycles. The molecule has 0 heterocycles. The van der Waals surface area contributed by atoms with Gasteiger partial charge < -0.3 is 9.47 Å². The highest BCUT2D eigenvalue weighted by atomic mass is 16.6. The van der Waals surface area contributed by atoms with Gasteiger partial charge in [-0.3, -0.25) is 10.1 Å². The van der Waals surface area contributed by atoms with Crippen LogP contribution in [0.15, 0.2) is 48.5 Å². The van der Waals surface area contributed by atoms with E-state index in [4.69, 9.17) is 9.47 Å². The van der Waals surface area contributed by atoms with Crippen molar-refractivity contribution in [2.45, 2.75) is 6.92 Å². The van der Waals surface area contributed by atoms with Crippen LogP contribution in [-0.4, -0.2) is 17.5 Å². The highest BCUT2D eigenvalue weighted by Crippen LogP contribution is 2.27. The molecule has 2 aromatic rings. The summed E-state index contributed by atoms with van der Waals surface area (Å²) in [5.74, 6) is -0.188. The molecule has 0 saturated heterocycles. The predicted octanol–water partition coefficient (Wildman–Crippen LogP) is 2.89. The summed E-state index contributed by atoms with van der Waals surface area (Å²) >= 11 is 0. The molecule has 0 aliphatic rings. The Kier molecular flexibility index (Phi) is 4.50. The van der Waals surface area contributed by atoms with Gasteiger partial charge in [-0.05, 0) is 30.7 Å². The van der Waals surface area contributed by atoms with Crippen LogP contribution in [0.1, 0.15) is 5.56 Å². The first-order chi connectivity index (χ1) is 10.1. The van der Waals surface area contributed by atoms with Crippen LogP contribution in [0.25, 0.3) is 0 Å². The van der Waals surface area contributed by atoms with Gasteiger partial charge in [-0.15, -0.1) is 0 Å². The second-order valence-electron chi connectivity index (χ2n) is 4.30. The van der Waals surface area contributed by atoms with Crippen molar-refractivity contribution in [3.05, 3.63) is 64.2 Å². The Labute approximate surface area is 121 Å². The number of nitrogens with zero attached hydrogens (tertiary/aromatic N) is 1. The minimum absolute atomic E-state index is 0.0463. The molecular formula is C15H13NO5. The average molecular weight is 287 g/mol. The van der Waals surface area contributed by atoms with Crippen molar-refractivity contribution in [1.82, 2.24) is 0 Å². The van der Waals surface area contributed by atoms with E-state index in [0.717, 1.165) is 5.56 Å². The van der Waals surface area contributed by atoms with Gasteiger partial charge >= 0.3 is 11.7 Å². The SMILES string of the molecule is Cc1ccc([N+](=O)[O-])c(OCC(=O)Oc2ccccc2)c1. The van der Waals surface area contributed by atoms with Gasteiger partial charge in [0, 0.05) is 6.07 Å². The lowest BCUT2D eigenvalue weighted by atomic mass is 10.2. The van der Waals surface area contributed by atoms with E-state index in [1.165, 1.54) is 12.1 Å². The van der Waals surface area contributed by atoms with Crippen LogP contribution in [-0.2, 0) is 4.79 Å². The highest BCUT2D eigenvalue weighted by molar-refractivity contribution is 5.74. The molecule has 0 atom stereocenters. The van der Waals surface area contributed by atoms with Crippen LogP contribution >= 0.6 is 0 Å². The molecule has 0 spiro atoms. The van der Waals surface area contributed by atoms with Gasteiger partial charge in [-0.2, -0.15) is 0 Å². The topological polar surface area (TPSA) is 78.7 Å². The monoisotopic (exact) mass is 287 g/mol. The summed E-state index contributed by atoms with van der Waals surface area (Å²) in [6.45, 7) is 1.37. The maximum atomic E-state index is 11.6. The van der Waals surface area contributed by atoms with Crippen LogP contribution in [0, 0.1) is 17.0 Å². The normalized spacial score (nSPS) is 9.95. The number of ether oxygens (including phenoxy) is 2. The van der Waals surface area contributed by atoms with Gasteiger partial charge in [0.25, 0.3) is 0 Å². The standard InChI is InChI=1S/C15H13NO5/c1-11-7-8-13(16(18)19)14(9-11)20-10-15(17)21-12-5-3-2-4-6-12/h2-9H,10H2,1H3. The molecule has 0 unspecified atom stereocenters. The van der Waals surface area contributed by atoms with Gasteiger partial charge in [0.2, 0.25) is 0 Å². The zero-order valence-corrected chi connectivity index (χ0v) is 11.3. The van der Waals surface area contributed by atoms with Crippen molar-refractivity contribution in [3.8, 4) is 11.5 Å². The van der Waals surface area contributed by atoms with Crippen molar-refractivity contribution in [2.75, 3.05) is 6.61 Å². The number of benzene rings is 2. The Hall–Kier alpha value is -2.89. The first-order valence-electron chi connectivity index (χ1n) is 6.20. The second kappa shape index (κ2) is 6.51. The number of carbonyl (C=O) groups is 1. The lowest BCUT2D eigenvalue weighted by molar-refractivity contribution is -0.385. The molecule has 0 aromatic heterocycles. The van der Waals surface area contributed by atoms with Crippen molar-refractivity contribution >= 4 is 11.7 Å². The zero-order valence-electron chi connectivity index (χ0n) is 11.3. The molecule has 2 aromatic carbocycles. The molecule has 108 valence electrons. The summed E-state index contributed by atoms with van der Waals surface area (Å²) in [5, 5.41) is 10.9. The van der Waals surface area contributed by atoms with Crippen LogP contribution in [0.4, 0.5) is 5.69 Å². The average Bonchev–Trinajstić information content (AvgIpc) is 2.46. The Bertz CT molecular complexity index is 654. The first-order valence-corrected chi connectivity index (χ1v) is 6.20. The largest absolute Gasteiger partial charge is 0.475 e. The van der Waals surface area contributed by atoms with E-state index < -0.39 is 17.5 Å². The number of nitro groups is 1. The van der Waals surface area contributed by atoms with Crippen LogP contribution in [0.3, 0.4) is 0 Å². The number of carbonyl (C=O) groups excluding carboxylic acids is 1. The first kappa shape index (κ1) is 14.5. The quantitative estimate of drug-likeness (QED) is 0.365. The summed E-state index contributed by atoms with van der Waals surface area (Å²) in [6, 6.07) is 13.0. The Morgan fingerprint density at radius 1 is 1.19 bits per heavy atom. The summed E-state index contributed by atoms with van der Waals surface area (Å²) < 4.78 is 10.2. The molecule has 0 radical (unpaired) electrons. The third kappa shape index (κ3) is 4.04. The maximum Gasteiger partial charge on any atom is 0.349 e. The summed E-state index contributed by atoms with van der Waals surface area (Å²) in [7, 11) is 0. The fraction of sp³-hybridized carbons (Fsp3) is 0.133.